The number of imidazole rings is 1. The van der Waals surface area contributed by atoms with Crippen LogP contribution in [-0.4, -0.2) is 32.0 Å². The van der Waals surface area contributed by atoms with Crippen molar-refractivity contribution in [1.82, 2.24) is 19.8 Å². The third-order valence-electron chi connectivity index (χ3n) is 6.10. The highest BCUT2D eigenvalue weighted by Crippen LogP contribution is 2.32. The summed E-state index contributed by atoms with van der Waals surface area (Å²) in [7, 11) is 0. The number of amides is 1. The Labute approximate surface area is 229 Å². The molecular formula is C29H24F3N5OS. The number of alkyl halides is 3. The van der Waals surface area contributed by atoms with Crippen LogP contribution < -0.4 is 5.32 Å². The number of rotatable bonds is 8. The molecule has 0 atom stereocenters. The number of hydrogen-bond donors (Lipinski definition) is 1. The smallest absolute Gasteiger partial charge is 0.344 e. The Morgan fingerprint density at radius 3 is 2.41 bits per heavy atom. The van der Waals surface area contributed by atoms with E-state index in [1.54, 1.807) is 66.0 Å². The number of nitrogens with zero attached hydrogens (tertiary/aromatic N) is 4. The number of nitriles is 1. The zero-order chi connectivity index (χ0) is 27.8. The topological polar surface area (TPSA) is 74.0 Å². The molecule has 1 heterocycles. The van der Waals surface area contributed by atoms with Crippen LogP contribution in [0.1, 0.15) is 38.3 Å². The van der Waals surface area contributed by atoms with Crippen LogP contribution in [0.3, 0.4) is 0 Å². The predicted molar refractivity (Wildman–Crippen MR) is 145 cm³/mol. The summed E-state index contributed by atoms with van der Waals surface area (Å²) in [5.41, 5.74) is 2.05. The molecule has 1 N–H and O–H groups in total. The lowest BCUT2D eigenvalue weighted by atomic mass is 10.1. The van der Waals surface area contributed by atoms with Gasteiger partial charge in [-0.15, -0.1) is 0 Å². The fourth-order valence-corrected chi connectivity index (χ4v) is 4.31. The number of carbonyl (C=O) groups excluding carboxylic acids is 1. The third-order valence-corrected chi connectivity index (χ3v) is 6.46. The van der Waals surface area contributed by atoms with E-state index in [-0.39, 0.29) is 23.8 Å². The van der Waals surface area contributed by atoms with Crippen molar-refractivity contribution < 1.29 is 18.0 Å². The molecule has 0 spiro atoms. The molecule has 1 aromatic heterocycles. The average molecular weight is 548 g/mol. The van der Waals surface area contributed by atoms with Crippen molar-refractivity contribution in [3.05, 3.63) is 125 Å². The highest BCUT2D eigenvalue weighted by molar-refractivity contribution is 7.80. The molecular weight excluding hydrogens is 523 g/mol. The standard InChI is InChI=1S/C29H24F3N5OS/c30-29(31,32)26-9-5-4-8-24(26)19-36(28(39)35-27(38)23-6-2-1-3-7-23)15-14-25-17-34-20-37(25)18-22-12-10-21(16-33)11-13-22/h1-13,17,20H,14-15,18-19H2,(H,35,38,39). The number of nitrogens with one attached hydrogen (secondary N) is 1. The quantitative estimate of drug-likeness (QED) is 0.292. The Morgan fingerprint density at radius 2 is 1.72 bits per heavy atom. The zero-order valence-electron chi connectivity index (χ0n) is 20.7. The van der Waals surface area contributed by atoms with Gasteiger partial charge in [0.25, 0.3) is 5.91 Å². The first kappa shape index (κ1) is 27.5. The molecule has 4 aromatic rings. The van der Waals surface area contributed by atoms with E-state index in [9.17, 15) is 18.0 Å². The van der Waals surface area contributed by atoms with Crippen molar-refractivity contribution in [2.24, 2.45) is 0 Å². The third kappa shape index (κ3) is 7.30. The largest absolute Gasteiger partial charge is 0.416 e. The first-order valence-corrected chi connectivity index (χ1v) is 12.4. The van der Waals surface area contributed by atoms with Gasteiger partial charge in [0.15, 0.2) is 5.11 Å². The molecule has 1 amide bonds. The second kappa shape index (κ2) is 12.4. The molecule has 0 saturated heterocycles. The summed E-state index contributed by atoms with van der Waals surface area (Å²) in [5, 5.41) is 11.7. The van der Waals surface area contributed by atoms with Crippen LogP contribution in [0.4, 0.5) is 13.2 Å². The fourth-order valence-electron chi connectivity index (χ4n) is 4.06. The van der Waals surface area contributed by atoms with Gasteiger partial charge in [-0.05, 0) is 53.7 Å². The van der Waals surface area contributed by atoms with Crippen LogP contribution in [0.25, 0.3) is 0 Å². The molecule has 0 aliphatic carbocycles. The molecule has 0 saturated carbocycles. The van der Waals surface area contributed by atoms with Gasteiger partial charge in [-0.3, -0.25) is 10.1 Å². The molecule has 0 radical (unpaired) electrons. The van der Waals surface area contributed by atoms with Crippen molar-refractivity contribution in [2.75, 3.05) is 6.54 Å². The van der Waals surface area contributed by atoms with E-state index in [1.807, 2.05) is 16.7 Å². The number of halogens is 3. The summed E-state index contributed by atoms with van der Waals surface area (Å²) in [6.07, 6.45) is -0.758. The van der Waals surface area contributed by atoms with Gasteiger partial charge < -0.3 is 9.47 Å². The average Bonchev–Trinajstić information content (AvgIpc) is 3.38. The van der Waals surface area contributed by atoms with Gasteiger partial charge in [0, 0.05) is 43.5 Å². The van der Waals surface area contributed by atoms with E-state index in [2.05, 4.69) is 16.4 Å². The van der Waals surface area contributed by atoms with Crippen molar-refractivity contribution >= 4 is 23.2 Å². The molecule has 0 aliphatic rings. The van der Waals surface area contributed by atoms with Gasteiger partial charge in [-0.25, -0.2) is 4.98 Å². The van der Waals surface area contributed by atoms with Crippen LogP contribution in [-0.2, 0) is 25.7 Å². The highest BCUT2D eigenvalue weighted by Gasteiger charge is 2.33. The van der Waals surface area contributed by atoms with Gasteiger partial charge in [-0.1, -0.05) is 48.5 Å². The van der Waals surface area contributed by atoms with E-state index < -0.39 is 17.6 Å². The Hall–Kier alpha value is -4.49. The summed E-state index contributed by atoms with van der Waals surface area (Å²) in [5.74, 6) is -0.444. The van der Waals surface area contributed by atoms with Crippen LogP contribution in [0.5, 0.6) is 0 Å². The van der Waals surface area contributed by atoms with Gasteiger partial charge in [-0.2, -0.15) is 18.4 Å². The minimum Gasteiger partial charge on any atom is -0.344 e. The number of hydrogen-bond acceptors (Lipinski definition) is 4. The molecule has 3 aromatic carbocycles. The number of aromatic nitrogens is 2. The molecule has 0 unspecified atom stereocenters. The van der Waals surface area contributed by atoms with Crippen molar-refractivity contribution in [3.63, 3.8) is 0 Å². The summed E-state index contributed by atoms with van der Waals surface area (Å²) >= 11 is 5.51. The highest BCUT2D eigenvalue weighted by atomic mass is 32.1. The van der Waals surface area contributed by atoms with E-state index in [1.165, 1.54) is 12.1 Å². The summed E-state index contributed by atoms with van der Waals surface area (Å²) in [4.78, 5) is 18.5. The fraction of sp³-hybridized carbons (Fsp3) is 0.172. The minimum absolute atomic E-state index is 0.0268. The Balaban J connectivity index is 1.54. The van der Waals surface area contributed by atoms with Gasteiger partial charge in [0.05, 0.1) is 23.5 Å². The Morgan fingerprint density at radius 1 is 1.03 bits per heavy atom. The van der Waals surface area contributed by atoms with E-state index in [0.29, 0.717) is 24.1 Å². The lowest BCUT2D eigenvalue weighted by Gasteiger charge is -2.27. The van der Waals surface area contributed by atoms with Crippen LogP contribution in [0, 0.1) is 11.3 Å². The number of thiocarbonyl (C=S) groups is 1. The van der Waals surface area contributed by atoms with Gasteiger partial charge >= 0.3 is 6.18 Å². The Bertz CT molecular complexity index is 1480. The van der Waals surface area contributed by atoms with Crippen molar-refractivity contribution in [3.8, 4) is 6.07 Å². The molecule has 39 heavy (non-hydrogen) atoms. The maximum atomic E-state index is 13.7. The van der Waals surface area contributed by atoms with Crippen molar-refractivity contribution in [1.29, 1.82) is 5.26 Å². The molecule has 198 valence electrons. The lowest BCUT2D eigenvalue weighted by molar-refractivity contribution is -0.138. The Kier molecular flexibility index (Phi) is 8.74. The zero-order valence-corrected chi connectivity index (χ0v) is 21.5. The number of benzene rings is 3. The van der Waals surface area contributed by atoms with Crippen LogP contribution in [0.2, 0.25) is 0 Å². The van der Waals surface area contributed by atoms with Crippen molar-refractivity contribution in [2.45, 2.75) is 25.7 Å². The van der Waals surface area contributed by atoms with E-state index in [0.717, 1.165) is 17.3 Å². The van der Waals surface area contributed by atoms with Crippen LogP contribution in [0.15, 0.2) is 91.4 Å². The summed E-state index contributed by atoms with van der Waals surface area (Å²) in [6.45, 7) is 0.597. The second-order valence-electron chi connectivity index (χ2n) is 8.77. The minimum atomic E-state index is -4.53. The molecule has 0 fully saturated rings. The first-order valence-electron chi connectivity index (χ1n) is 12.0. The normalized spacial score (nSPS) is 11.0. The predicted octanol–water partition coefficient (Wildman–Crippen LogP) is 5.58. The molecule has 10 heteroatoms. The molecule has 6 nitrogen and oxygen atoms in total. The lowest BCUT2D eigenvalue weighted by Crippen LogP contribution is -2.43. The second-order valence-corrected chi connectivity index (χ2v) is 9.16. The first-order chi connectivity index (χ1) is 18.7. The van der Waals surface area contributed by atoms with E-state index >= 15 is 0 Å². The molecule has 4 rings (SSSR count). The van der Waals surface area contributed by atoms with Gasteiger partial charge in [0.1, 0.15) is 0 Å². The molecule has 0 aliphatic heterocycles. The maximum absolute atomic E-state index is 13.7. The summed E-state index contributed by atoms with van der Waals surface area (Å²) in [6, 6.07) is 23.1. The monoisotopic (exact) mass is 547 g/mol. The SMILES string of the molecule is N#Cc1ccc(Cn2cncc2CCN(Cc2ccccc2C(F)(F)F)C(=S)NC(=O)c2ccccc2)cc1. The number of carbonyl (C=O) groups is 1. The molecule has 0 bridgehead atoms. The van der Waals surface area contributed by atoms with Gasteiger partial charge in [0.2, 0.25) is 0 Å². The van der Waals surface area contributed by atoms with E-state index in [4.69, 9.17) is 17.5 Å². The maximum Gasteiger partial charge on any atom is 0.416 e. The summed E-state index contributed by atoms with van der Waals surface area (Å²) < 4.78 is 43.0. The van der Waals surface area contributed by atoms with Crippen LogP contribution >= 0.6 is 12.2 Å².